The molecule has 6 heterocycles. The van der Waals surface area contributed by atoms with Crippen LogP contribution in [0.1, 0.15) is 57.3 Å². The minimum atomic E-state index is -1.04. The molecule has 4 aromatic heterocycles. The second-order valence-corrected chi connectivity index (χ2v) is 19.6. The first-order valence-electron chi connectivity index (χ1n) is 25.6. The van der Waals surface area contributed by atoms with Crippen LogP contribution in [0.3, 0.4) is 0 Å². The number of rotatable bonds is 16. The Bertz CT molecular complexity index is 4060. The minimum absolute atomic E-state index is 0.00982. The molecule has 0 spiro atoms. The maximum atomic E-state index is 14.7. The number of carbonyl (C=O) groups is 3. The molecule has 0 fully saturated rings. The van der Waals surface area contributed by atoms with Crippen molar-refractivity contribution in [1.29, 1.82) is 0 Å². The average molecular weight is 1050 g/mol. The van der Waals surface area contributed by atoms with Crippen LogP contribution in [0, 0.1) is 0 Å². The third kappa shape index (κ3) is 8.91. The lowest BCUT2D eigenvalue weighted by molar-refractivity contribution is -0.136. The van der Waals surface area contributed by atoms with Gasteiger partial charge in [0, 0.05) is 93.6 Å². The Morgan fingerprint density at radius 2 is 1.15 bits per heavy atom. The van der Waals surface area contributed by atoms with Crippen molar-refractivity contribution < 1.29 is 47.2 Å². The largest absolute Gasteiger partial charge is 0.493 e. The highest BCUT2D eigenvalue weighted by atomic mass is 16.6. The third-order valence-electron chi connectivity index (χ3n) is 15.1. The minimum Gasteiger partial charge on any atom is -0.493 e. The van der Waals surface area contributed by atoms with Crippen molar-refractivity contribution in [3.05, 3.63) is 183 Å². The normalized spacial score (nSPS) is 15.4. The maximum Gasteiger partial charge on any atom is 0.360 e. The molecule has 0 saturated carbocycles. The van der Waals surface area contributed by atoms with Crippen LogP contribution in [0.25, 0.3) is 43.7 Å². The Kier molecular flexibility index (Phi) is 12.9. The van der Waals surface area contributed by atoms with Gasteiger partial charge in [-0.3, -0.25) is 4.79 Å². The van der Waals surface area contributed by atoms with Crippen LogP contribution >= 0.6 is 0 Å². The van der Waals surface area contributed by atoms with Gasteiger partial charge in [0.05, 0.1) is 33.8 Å². The number of H-pyrrole nitrogens is 3. The van der Waals surface area contributed by atoms with Gasteiger partial charge in [-0.05, 0) is 94.8 Å². The Morgan fingerprint density at radius 3 is 1.76 bits per heavy atom. The summed E-state index contributed by atoms with van der Waals surface area (Å²) in [5.74, 6) is -1.24. The van der Waals surface area contributed by atoms with Crippen LogP contribution in [0.2, 0.25) is 0 Å². The van der Waals surface area contributed by atoms with Crippen molar-refractivity contribution in [3.8, 4) is 34.5 Å². The standard InChI is InChI=1S/C61H54N6O11/c1-72-49-25-33(16-18-47(49)75-54(68)19-17-34-29-64-44-13-7-4-10-37(34)44)55-56-41-27-51(74-3)53(78-60(70)43(63)23-36-31-66-46-15-9-6-12-39(36)46)28-48(41)76-61(71)58(56)67-21-20-32-24-52(50(73-2)26-40(32)57(55)67)77-59(69)42(62)22-35-30-65-45-14-8-5-11-38(35)45/h4-16,18,24-31,42-43,55,57,64-66H,17,19-23,62-63H2,1-3H3/t42-,43-,55?,57?/m0/s1. The summed E-state index contributed by atoms with van der Waals surface area (Å²) in [5, 5.41) is 3.46. The molecule has 2 aliphatic rings. The van der Waals surface area contributed by atoms with Crippen LogP contribution in [0.15, 0.2) is 143 Å². The number of ether oxygens (including phenoxy) is 6. The fourth-order valence-electron chi connectivity index (χ4n) is 11.4. The zero-order chi connectivity index (χ0) is 53.8. The number of fused-ring (bicyclic) bond motifs is 10. The number of benzene rings is 6. The van der Waals surface area contributed by atoms with Crippen molar-refractivity contribution in [1.82, 2.24) is 15.0 Å². The lowest BCUT2D eigenvalue weighted by Gasteiger charge is -2.36. The predicted octanol–water partition coefficient (Wildman–Crippen LogP) is 9.00. The molecule has 0 aliphatic carbocycles. The Balaban J connectivity index is 0.899. The zero-order valence-electron chi connectivity index (χ0n) is 42.8. The lowest BCUT2D eigenvalue weighted by atomic mass is 9.80. The van der Waals surface area contributed by atoms with E-state index in [0.29, 0.717) is 41.6 Å². The first kappa shape index (κ1) is 49.6. The number of aromatic nitrogens is 3. The number of para-hydroxylation sites is 3. The number of nitrogens with one attached hydrogen (secondary N) is 3. The van der Waals surface area contributed by atoms with Crippen LogP contribution in [-0.4, -0.2) is 72.8 Å². The summed E-state index contributed by atoms with van der Waals surface area (Å²) in [5.41, 5.74) is 21.3. The van der Waals surface area contributed by atoms with E-state index in [1.807, 2.05) is 108 Å². The average Bonchev–Trinajstić information content (AvgIpc) is 4.03. The van der Waals surface area contributed by atoms with E-state index in [1.54, 1.807) is 24.3 Å². The SMILES string of the molecule is COc1cc(C2c3c(c(=O)oc4cc(OC(=O)[C@@H](N)Cc5c[nH]c6ccccc56)c(OC)cc34)N3CCc4cc(OC(=O)[C@@H](N)Cc5c[nH]c6ccccc56)c(OC)cc4C23)ccc1OC(=O)CCc1c[nH]c2ccccc12. The van der Waals surface area contributed by atoms with Gasteiger partial charge in [0.15, 0.2) is 34.5 Å². The smallest absolute Gasteiger partial charge is 0.360 e. The number of hydrogen-bond acceptors (Lipinski definition) is 14. The van der Waals surface area contributed by atoms with Crippen molar-refractivity contribution in [2.75, 3.05) is 32.8 Å². The summed E-state index contributed by atoms with van der Waals surface area (Å²) in [6.45, 7) is 0.363. The quantitative estimate of drug-likeness (QED) is 0.0345. The van der Waals surface area contributed by atoms with E-state index >= 15 is 0 Å². The number of methoxy groups -OCH3 is 3. The number of carbonyl (C=O) groups excluding carboxylic acids is 3. The van der Waals surface area contributed by atoms with E-state index in [0.717, 1.165) is 60.5 Å². The molecule has 10 aromatic rings. The zero-order valence-corrected chi connectivity index (χ0v) is 42.8. The fourth-order valence-corrected chi connectivity index (χ4v) is 11.4. The number of aromatic amines is 3. The van der Waals surface area contributed by atoms with Gasteiger partial charge in [-0.2, -0.15) is 0 Å². The van der Waals surface area contributed by atoms with Crippen LogP contribution < -0.4 is 50.4 Å². The molecule has 2 unspecified atom stereocenters. The highest BCUT2D eigenvalue weighted by Gasteiger charge is 2.47. The second kappa shape index (κ2) is 20.3. The molecule has 4 atom stereocenters. The van der Waals surface area contributed by atoms with Crippen LogP contribution in [0.5, 0.6) is 34.5 Å². The topological polar surface area (TPSA) is 239 Å². The van der Waals surface area contributed by atoms with Crippen molar-refractivity contribution in [2.24, 2.45) is 11.5 Å². The van der Waals surface area contributed by atoms with Crippen molar-refractivity contribution in [2.45, 2.75) is 56.1 Å². The molecule has 7 N–H and O–H groups in total. The molecule has 17 heteroatoms. The molecule has 0 saturated heterocycles. The molecular weight excluding hydrogens is 993 g/mol. The van der Waals surface area contributed by atoms with Crippen molar-refractivity contribution >= 4 is 67.3 Å². The monoisotopic (exact) mass is 1050 g/mol. The summed E-state index contributed by atoms with van der Waals surface area (Å²) in [6.07, 6.45) is 7.03. The maximum absolute atomic E-state index is 14.7. The number of hydrogen-bond donors (Lipinski definition) is 5. The van der Waals surface area contributed by atoms with E-state index < -0.39 is 47.6 Å². The number of nitrogens with zero attached hydrogens (tertiary/aromatic N) is 1. The lowest BCUT2D eigenvalue weighted by Crippen LogP contribution is -2.37. The summed E-state index contributed by atoms with van der Waals surface area (Å²) in [6, 6.07) is 33.0. The van der Waals surface area contributed by atoms with Gasteiger partial charge in [0.25, 0.3) is 0 Å². The fraction of sp³-hybridized carbons (Fsp3) is 0.213. The molecule has 2 aliphatic heterocycles. The van der Waals surface area contributed by atoms with E-state index in [9.17, 15) is 19.2 Å². The van der Waals surface area contributed by atoms with Gasteiger partial charge in [0.1, 0.15) is 23.4 Å². The van der Waals surface area contributed by atoms with Gasteiger partial charge < -0.3 is 64.2 Å². The number of aryl methyl sites for hydroxylation is 1. The van der Waals surface area contributed by atoms with Gasteiger partial charge in [-0.25, -0.2) is 14.4 Å². The summed E-state index contributed by atoms with van der Waals surface area (Å²) < 4.78 is 41.9. The molecule has 0 bridgehead atoms. The first-order valence-corrected chi connectivity index (χ1v) is 25.6. The Hall–Kier alpha value is -9.32. The summed E-state index contributed by atoms with van der Waals surface area (Å²) >= 11 is 0. The summed E-state index contributed by atoms with van der Waals surface area (Å²) in [7, 11) is 4.45. The second-order valence-electron chi connectivity index (χ2n) is 19.6. The number of esters is 3. The molecular formula is C61H54N6O11. The summed E-state index contributed by atoms with van der Waals surface area (Å²) in [4.78, 5) is 67.4. The van der Waals surface area contributed by atoms with E-state index in [-0.39, 0.29) is 59.3 Å². The molecule has 17 nitrogen and oxygen atoms in total. The van der Waals surface area contributed by atoms with Gasteiger partial charge >= 0.3 is 23.5 Å². The Morgan fingerprint density at radius 1 is 0.615 bits per heavy atom. The predicted molar refractivity (Wildman–Crippen MR) is 294 cm³/mol. The van der Waals surface area contributed by atoms with E-state index in [1.165, 1.54) is 27.4 Å². The number of nitrogens with two attached hydrogens (primary N) is 2. The number of anilines is 1. The molecule has 12 rings (SSSR count). The molecule has 0 amide bonds. The van der Waals surface area contributed by atoms with Gasteiger partial charge in [-0.15, -0.1) is 0 Å². The van der Waals surface area contributed by atoms with Gasteiger partial charge in [0.2, 0.25) is 0 Å². The first-order chi connectivity index (χ1) is 38.0. The van der Waals surface area contributed by atoms with Gasteiger partial charge in [-0.1, -0.05) is 60.7 Å². The third-order valence-corrected chi connectivity index (χ3v) is 15.1. The van der Waals surface area contributed by atoms with Crippen molar-refractivity contribution in [3.63, 3.8) is 0 Å². The Labute approximate surface area is 445 Å². The highest BCUT2D eigenvalue weighted by molar-refractivity contribution is 5.93. The van der Waals surface area contributed by atoms with E-state index in [4.69, 9.17) is 44.3 Å². The molecule has 6 aromatic carbocycles. The molecule has 394 valence electrons. The molecule has 78 heavy (non-hydrogen) atoms. The highest BCUT2D eigenvalue weighted by Crippen LogP contribution is 2.57. The molecule has 0 radical (unpaired) electrons. The van der Waals surface area contributed by atoms with Crippen LogP contribution in [0.4, 0.5) is 5.69 Å². The van der Waals surface area contributed by atoms with E-state index in [2.05, 4.69) is 15.0 Å². The van der Waals surface area contributed by atoms with Crippen LogP contribution in [-0.2, 0) is 40.1 Å².